The van der Waals surface area contributed by atoms with E-state index in [4.69, 9.17) is 11.6 Å². The van der Waals surface area contributed by atoms with Gasteiger partial charge in [-0.1, -0.05) is 36.6 Å². The van der Waals surface area contributed by atoms with Crippen LogP contribution in [0.3, 0.4) is 0 Å². The lowest BCUT2D eigenvalue weighted by atomic mass is 9.91. The maximum atomic E-state index is 12.7. The predicted molar refractivity (Wildman–Crippen MR) is 91.8 cm³/mol. The van der Waals surface area contributed by atoms with E-state index in [1.165, 1.54) is 6.42 Å². The maximum Gasteiger partial charge on any atom is 0.255 e. The molecule has 2 fully saturated rings. The molecule has 1 saturated heterocycles. The van der Waals surface area contributed by atoms with E-state index in [9.17, 15) is 9.90 Å². The third kappa shape index (κ3) is 3.87. The summed E-state index contributed by atoms with van der Waals surface area (Å²) in [5, 5.41) is 10.8. The van der Waals surface area contributed by atoms with E-state index >= 15 is 0 Å². The quantitative estimate of drug-likeness (QED) is 0.903. The number of aliphatic hydroxyl groups is 1. The zero-order valence-corrected chi connectivity index (χ0v) is 14.2. The summed E-state index contributed by atoms with van der Waals surface area (Å²) in [6.45, 7) is 3.24. The van der Waals surface area contributed by atoms with Gasteiger partial charge in [-0.05, 0) is 31.4 Å². The molecule has 3 rings (SSSR count). The van der Waals surface area contributed by atoms with Crippen molar-refractivity contribution in [1.82, 2.24) is 9.80 Å². The van der Waals surface area contributed by atoms with Crippen LogP contribution in [-0.2, 0) is 0 Å². The highest BCUT2D eigenvalue weighted by Crippen LogP contribution is 2.25. The zero-order valence-electron chi connectivity index (χ0n) is 13.5. The Morgan fingerprint density at radius 3 is 2.61 bits per heavy atom. The molecule has 1 N–H and O–H groups in total. The summed E-state index contributed by atoms with van der Waals surface area (Å²) in [6.07, 6.45) is 5.03. The molecule has 5 heteroatoms. The molecule has 2 aliphatic rings. The predicted octanol–water partition coefficient (Wildman–Crippen LogP) is 2.79. The molecule has 0 spiro atoms. The Labute approximate surface area is 143 Å². The van der Waals surface area contributed by atoms with Crippen LogP contribution in [0.25, 0.3) is 0 Å². The van der Waals surface area contributed by atoms with E-state index in [0.29, 0.717) is 17.1 Å². The van der Waals surface area contributed by atoms with Gasteiger partial charge in [-0.15, -0.1) is 0 Å². The minimum absolute atomic E-state index is 0.0154. The van der Waals surface area contributed by atoms with Crippen molar-refractivity contribution in [2.75, 3.05) is 26.2 Å². The van der Waals surface area contributed by atoms with E-state index in [1.54, 1.807) is 12.1 Å². The fourth-order valence-corrected chi connectivity index (χ4v) is 4.01. The zero-order chi connectivity index (χ0) is 16.2. The second kappa shape index (κ2) is 7.65. The Morgan fingerprint density at radius 1 is 1.04 bits per heavy atom. The molecular formula is C18H25ClN2O2. The second-order valence-electron chi connectivity index (χ2n) is 6.58. The molecule has 0 bridgehead atoms. The lowest BCUT2D eigenvalue weighted by molar-refractivity contribution is 0.0216. The van der Waals surface area contributed by atoms with Crippen molar-refractivity contribution in [2.24, 2.45) is 0 Å². The highest BCUT2D eigenvalue weighted by Gasteiger charge is 2.30. The number of hydrogen-bond acceptors (Lipinski definition) is 3. The molecule has 1 saturated carbocycles. The number of halogens is 1. The number of amides is 1. The summed E-state index contributed by atoms with van der Waals surface area (Å²) in [5.74, 6) is 0.0154. The molecule has 23 heavy (non-hydrogen) atoms. The largest absolute Gasteiger partial charge is 0.391 e. The smallest absolute Gasteiger partial charge is 0.255 e. The summed E-state index contributed by atoms with van der Waals surface area (Å²) in [4.78, 5) is 17.0. The highest BCUT2D eigenvalue weighted by molar-refractivity contribution is 6.33. The third-order valence-electron chi connectivity index (χ3n) is 5.08. The standard InChI is InChI=1S/C18H25ClN2O2/c19-15-7-2-1-6-14(15)18(23)21-11-5-10-20(12-13-21)16-8-3-4-9-17(16)22/h1-2,6-7,16-17,22H,3-5,8-13H2. The lowest BCUT2D eigenvalue weighted by Gasteiger charge is -2.37. The molecule has 2 atom stereocenters. The Morgan fingerprint density at radius 2 is 1.83 bits per heavy atom. The van der Waals surface area contributed by atoms with Gasteiger partial charge in [0, 0.05) is 32.2 Å². The van der Waals surface area contributed by atoms with Crippen molar-refractivity contribution in [3.63, 3.8) is 0 Å². The highest BCUT2D eigenvalue weighted by atomic mass is 35.5. The normalized spacial score (nSPS) is 26.8. The minimum atomic E-state index is -0.213. The summed E-state index contributed by atoms with van der Waals surface area (Å²) in [6, 6.07) is 7.50. The first-order valence-electron chi connectivity index (χ1n) is 8.63. The molecule has 1 aliphatic carbocycles. The lowest BCUT2D eigenvalue weighted by Crippen LogP contribution is -2.47. The fraction of sp³-hybridized carbons (Fsp3) is 0.611. The van der Waals surface area contributed by atoms with Crippen molar-refractivity contribution in [3.05, 3.63) is 34.9 Å². The van der Waals surface area contributed by atoms with Gasteiger partial charge in [-0.25, -0.2) is 0 Å². The number of hydrogen-bond donors (Lipinski definition) is 1. The van der Waals surface area contributed by atoms with E-state index in [1.807, 2.05) is 17.0 Å². The first kappa shape index (κ1) is 16.7. The van der Waals surface area contributed by atoms with Gasteiger partial charge >= 0.3 is 0 Å². The van der Waals surface area contributed by atoms with Crippen molar-refractivity contribution < 1.29 is 9.90 Å². The van der Waals surface area contributed by atoms with Crippen molar-refractivity contribution in [1.29, 1.82) is 0 Å². The van der Waals surface area contributed by atoms with Gasteiger partial charge in [0.1, 0.15) is 0 Å². The van der Waals surface area contributed by atoms with Crippen LogP contribution in [0.4, 0.5) is 0 Å². The van der Waals surface area contributed by atoms with Gasteiger partial charge < -0.3 is 10.0 Å². The summed E-state index contributed by atoms with van der Waals surface area (Å²) in [7, 11) is 0. The van der Waals surface area contributed by atoms with Crippen LogP contribution in [0, 0.1) is 0 Å². The Hall–Kier alpha value is -1.10. The molecule has 2 unspecified atom stereocenters. The minimum Gasteiger partial charge on any atom is -0.391 e. The monoisotopic (exact) mass is 336 g/mol. The number of nitrogens with zero attached hydrogens (tertiary/aromatic N) is 2. The maximum absolute atomic E-state index is 12.7. The van der Waals surface area contributed by atoms with Crippen LogP contribution in [0.15, 0.2) is 24.3 Å². The van der Waals surface area contributed by atoms with E-state index in [2.05, 4.69) is 4.90 Å². The van der Waals surface area contributed by atoms with Crippen LogP contribution < -0.4 is 0 Å². The van der Waals surface area contributed by atoms with Gasteiger partial charge in [-0.2, -0.15) is 0 Å². The Kier molecular flexibility index (Phi) is 5.57. The van der Waals surface area contributed by atoms with E-state index < -0.39 is 0 Å². The van der Waals surface area contributed by atoms with Gasteiger partial charge in [-0.3, -0.25) is 9.69 Å². The van der Waals surface area contributed by atoms with Crippen LogP contribution in [-0.4, -0.2) is 59.1 Å². The number of rotatable bonds is 2. The molecule has 1 aliphatic heterocycles. The van der Waals surface area contributed by atoms with E-state index in [0.717, 1.165) is 45.3 Å². The fourth-order valence-electron chi connectivity index (χ4n) is 3.79. The average Bonchev–Trinajstić information content (AvgIpc) is 2.81. The molecule has 126 valence electrons. The molecule has 4 nitrogen and oxygen atoms in total. The number of benzene rings is 1. The summed E-state index contributed by atoms with van der Waals surface area (Å²) >= 11 is 6.16. The van der Waals surface area contributed by atoms with Gasteiger partial charge in [0.25, 0.3) is 5.91 Å². The van der Waals surface area contributed by atoms with Crippen molar-refractivity contribution in [3.8, 4) is 0 Å². The molecule has 1 amide bonds. The average molecular weight is 337 g/mol. The first-order valence-corrected chi connectivity index (χ1v) is 9.00. The first-order chi connectivity index (χ1) is 11.2. The molecule has 0 aromatic heterocycles. The van der Waals surface area contributed by atoms with Crippen LogP contribution in [0.2, 0.25) is 5.02 Å². The molecule has 0 radical (unpaired) electrons. The van der Waals surface area contributed by atoms with Crippen LogP contribution in [0.1, 0.15) is 42.5 Å². The number of aliphatic hydroxyl groups excluding tert-OH is 1. The molecule has 1 aromatic rings. The second-order valence-corrected chi connectivity index (χ2v) is 6.99. The number of carbonyl (C=O) groups excluding carboxylic acids is 1. The summed E-state index contributed by atoms with van der Waals surface area (Å²) < 4.78 is 0. The number of carbonyl (C=O) groups is 1. The molecule has 1 heterocycles. The molecule has 1 aromatic carbocycles. The van der Waals surface area contributed by atoms with Crippen LogP contribution >= 0.6 is 11.6 Å². The van der Waals surface area contributed by atoms with Crippen LogP contribution in [0.5, 0.6) is 0 Å². The Bertz CT molecular complexity index is 552. The van der Waals surface area contributed by atoms with Gasteiger partial charge in [0.15, 0.2) is 0 Å². The summed E-state index contributed by atoms with van der Waals surface area (Å²) in [5.41, 5.74) is 0.584. The van der Waals surface area contributed by atoms with Gasteiger partial charge in [0.05, 0.1) is 16.7 Å². The third-order valence-corrected chi connectivity index (χ3v) is 5.41. The van der Waals surface area contributed by atoms with E-state index in [-0.39, 0.29) is 18.1 Å². The van der Waals surface area contributed by atoms with Crippen molar-refractivity contribution >= 4 is 17.5 Å². The SMILES string of the molecule is O=C(c1ccccc1Cl)N1CCCN(C2CCCCC2O)CC1. The Balaban J connectivity index is 1.64. The van der Waals surface area contributed by atoms with Gasteiger partial charge in [0.2, 0.25) is 0 Å². The molecular weight excluding hydrogens is 312 g/mol. The topological polar surface area (TPSA) is 43.8 Å². The van der Waals surface area contributed by atoms with Crippen molar-refractivity contribution in [2.45, 2.75) is 44.2 Å².